The maximum absolute atomic E-state index is 13.5. The van der Waals surface area contributed by atoms with Crippen molar-refractivity contribution in [1.29, 1.82) is 0 Å². The van der Waals surface area contributed by atoms with Gasteiger partial charge < -0.3 is 10.3 Å². The zero-order chi connectivity index (χ0) is 14.3. The third-order valence-electron chi connectivity index (χ3n) is 4.35. The number of nitrogens with zero attached hydrogens (tertiary/aromatic N) is 2. The van der Waals surface area contributed by atoms with Gasteiger partial charge in [0.2, 0.25) is 5.95 Å². The van der Waals surface area contributed by atoms with Gasteiger partial charge in [-0.05, 0) is 31.2 Å². The van der Waals surface area contributed by atoms with Crippen LogP contribution >= 0.6 is 11.6 Å². The molecule has 1 saturated carbocycles. The SMILES string of the molecule is CC1CCCC(n2c(N)nc3cc(F)c(Cl)cc32)CC1. The number of aromatic nitrogens is 2. The molecule has 0 aliphatic heterocycles. The van der Waals surface area contributed by atoms with E-state index in [1.165, 1.54) is 25.3 Å². The van der Waals surface area contributed by atoms with Crippen molar-refractivity contribution in [2.24, 2.45) is 5.92 Å². The molecule has 0 amide bonds. The third kappa shape index (κ3) is 2.37. The van der Waals surface area contributed by atoms with Crippen LogP contribution in [0.5, 0.6) is 0 Å². The van der Waals surface area contributed by atoms with Crippen molar-refractivity contribution < 1.29 is 4.39 Å². The molecule has 0 spiro atoms. The maximum Gasteiger partial charge on any atom is 0.201 e. The largest absolute Gasteiger partial charge is 0.369 e. The minimum atomic E-state index is -0.446. The summed E-state index contributed by atoms with van der Waals surface area (Å²) in [5.41, 5.74) is 7.48. The molecule has 1 aliphatic rings. The maximum atomic E-state index is 13.5. The Labute approximate surface area is 122 Å². The van der Waals surface area contributed by atoms with Gasteiger partial charge >= 0.3 is 0 Å². The standard InChI is InChI=1S/C15H19ClFN3/c1-9-3-2-4-10(6-5-9)20-14-7-11(16)12(17)8-13(14)19-15(20)18/h7-10H,2-6H2,1H3,(H2,18,19). The van der Waals surface area contributed by atoms with Crippen molar-refractivity contribution in [2.45, 2.75) is 45.1 Å². The molecular formula is C15H19ClFN3. The van der Waals surface area contributed by atoms with Crippen LogP contribution in [-0.2, 0) is 0 Å². The average Bonchev–Trinajstić information content (AvgIpc) is 2.57. The molecule has 0 radical (unpaired) electrons. The molecule has 1 aliphatic carbocycles. The zero-order valence-corrected chi connectivity index (χ0v) is 12.3. The van der Waals surface area contributed by atoms with E-state index < -0.39 is 5.82 Å². The molecule has 20 heavy (non-hydrogen) atoms. The van der Waals surface area contributed by atoms with Crippen LogP contribution in [-0.4, -0.2) is 9.55 Å². The molecule has 1 heterocycles. The molecule has 1 fully saturated rings. The molecule has 2 N–H and O–H groups in total. The van der Waals surface area contributed by atoms with Gasteiger partial charge in [-0.1, -0.05) is 31.4 Å². The first-order valence-electron chi connectivity index (χ1n) is 7.18. The molecule has 2 atom stereocenters. The van der Waals surface area contributed by atoms with Crippen LogP contribution in [0.4, 0.5) is 10.3 Å². The molecule has 5 heteroatoms. The van der Waals surface area contributed by atoms with Gasteiger partial charge in [-0.15, -0.1) is 0 Å². The average molecular weight is 296 g/mol. The fraction of sp³-hybridized carbons (Fsp3) is 0.533. The van der Waals surface area contributed by atoms with Crippen molar-refractivity contribution >= 4 is 28.6 Å². The fourth-order valence-electron chi connectivity index (χ4n) is 3.22. The van der Waals surface area contributed by atoms with E-state index in [1.807, 2.05) is 4.57 Å². The van der Waals surface area contributed by atoms with Gasteiger partial charge in [0, 0.05) is 12.1 Å². The van der Waals surface area contributed by atoms with Crippen LogP contribution < -0.4 is 5.73 Å². The minimum absolute atomic E-state index is 0.126. The highest BCUT2D eigenvalue weighted by Crippen LogP contribution is 2.35. The van der Waals surface area contributed by atoms with Crippen LogP contribution in [0.2, 0.25) is 5.02 Å². The summed E-state index contributed by atoms with van der Waals surface area (Å²) in [5, 5.41) is 0.126. The van der Waals surface area contributed by atoms with Gasteiger partial charge in [-0.2, -0.15) is 0 Å². The molecule has 0 saturated heterocycles. The Hall–Kier alpha value is -1.29. The van der Waals surface area contributed by atoms with E-state index in [0.29, 0.717) is 17.5 Å². The predicted molar refractivity (Wildman–Crippen MR) is 80.4 cm³/mol. The highest BCUT2D eigenvalue weighted by molar-refractivity contribution is 6.31. The van der Waals surface area contributed by atoms with Crippen LogP contribution in [0.25, 0.3) is 11.0 Å². The van der Waals surface area contributed by atoms with E-state index in [0.717, 1.165) is 24.3 Å². The lowest BCUT2D eigenvalue weighted by Crippen LogP contribution is -2.11. The quantitative estimate of drug-likeness (QED) is 0.784. The van der Waals surface area contributed by atoms with Crippen LogP contribution in [0, 0.1) is 11.7 Å². The first-order chi connectivity index (χ1) is 9.56. The van der Waals surface area contributed by atoms with Gasteiger partial charge in [0.15, 0.2) is 0 Å². The highest BCUT2D eigenvalue weighted by atomic mass is 35.5. The lowest BCUT2D eigenvalue weighted by molar-refractivity contribution is 0.445. The van der Waals surface area contributed by atoms with Crippen molar-refractivity contribution in [3.05, 3.63) is 23.0 Å². The first-order valence-corrected chi connectivity index (χ1v) is 7.56. The molecule has 1 aromatic carbocycles. The molecule has 1 aromatic heterocycles. The number of fused-ring (bicyclic) bond motifs is 1. The predicted octanol–water partition coefficient (Wildman–Crippen LogP) is 4.55. The van der Waals surface area contributed by atoms with E-state index in [9.17, 15) is 4.39 Å². The van der Waals surface area contributed by atoms with Gasteiger partial charge in [0.25, 0.3) is 0 Å². The Bertz CT molecular complexity index is 638. The summed E-state index contributed by atoms with van der Waals surface area (Å²) in [4.78, 5) is 4.28. The second-order valence-corrected chi connectivity index (χ2v) is 6.27. The highest BCUT2D eigenvalue weighted by Gasteiger charge is 2.22. The van der Waals surface area contributed by atoms with Crippen molar-refractivity contribution in [3.63, 3.8) is 0 Å². The summed E-state index contributed by atoms with van der Waals surface area (Å²) in [6.07, 6.45) is 5.83. The third-order valence-corrected chi connectivity index (χ3v) is 4.64. The molecule has 2 aromatic rings. The van der Waals surface area contributed by atoms with Gasteiger partial charge in [-0.25, -0.2) is 9.37 Å². The number of imidazole rings is 1. The minimum Gasteiger partial charge on any atom is -0.369 e. The molecular weight excluding hydrogens is 277 g/mol. The van der Waals surface area contributed by atoms with E-state index in [2.05, 4.69) is 11.9 Å². The van der Waals surface area contributed by atoms with Crippen molar-refractivity contribution in [1.82, 2.24) is 9.55 Å². The number of benzene rings is 1. The Balaban J connectivity index is 2.06. The van der Waals surface area contributed by atoms with E-state index >= 15 is 0 Å². The van der Waals surface area contributed by atoms with Crippen LogP contribution in [0.1, 0.15) is 45.1 Å². The summed E-state index contributed by atoms with van der Waals surface area (Å²) >= 11 is 5.91. The number of anilines is 1. The summed E-state index contributed by atoms with van der Waals surface area (Å²) in [7, 11) is 0. The van der Waals surface area contributed by atoms with Gasteiger partial charge in [0.05, 0.1) is 16.1 Å². The Morgan fingerprint density at radius 3 is 2.90 bits per heavy atom. The summed E-state index contributed by atoms with van der Waals surface area (Å²) in [6, 6.07) is 3.35. The second kappa shape index (κ2) is 5.24. The van der Waals surface area contributed by atoms with E-state index in [1.54, 1.807) is 6.07 Å². The number of hydrogen-bond acceptors (Lipinski definition) is 2. The van der Waals surface area contributed by atoms with Crippen LogP contribution in [0.3, 0.4) is 0 Å². The first kappa shape index (κ1) is 13.7. The molecule has 108 valence electrons. The topological polar surface area (TPSA) is 43.8 Å². The molecule has 2 unspecified atom stereocenters. The number of halogens is 2. The number of nitrogens with two attached hydrogens (primary N) is 1. The van der Waals surface area contributed by atoms with Crippen molar-refractivity contribution in [2.75, 3.05) is 5.73 Å². The van der Waals surface area contributed by atoms with Gasteiger partial charge in [0.1, 0.15) is 5.82 Å². The number of hydrogen-bond donors (Lipinski definition) is 1. The monoisotopic (exact) mass is 295 g/mol. The molecule has 3 nitrogen and oxygen atoms in total. The molecule has 3 rings (SSSR count). The Morgan fingerprint density at radius 2 is 2.10 bits per heavy atom. The Morgan fingerprint density at radius 1 is 1.30 bits per heavy atom. The normalized spacial score (nSPS) is 23.9. The van der Waals surface area contributed by atoms with Crippen molar-refractivity contribution in [3.8, 4) is 0 Å². The zero-order valence-electron chi connectivity index (χ0n) is 11.6. The summed E-state index contributed by atoms with van der Waals surface area (Å²) in [5.74, 6) is 0.775. The van der Waals surface area contributed by atoms with E-state index in [4.69, 9.17) is 17.3 Å². The summed E-state index contributed by atoms with van der Waals surface area (Å²) < 4.78 is 15.6. The number of rotatable bonds is 1. The van der Waals surface area contributed by atoms with Crippen LogP contribution in [0.15, 0.2) is 12.1 Å². The number of nitrogen functional groups attached to an aromatic ring is 1. The van der Waals surface area contributed by atoms with Gasteiger partial charge in [-0.3, -0.25) is 0 Å². The second-order valence-electron chi connectivity index (χ2n) is 5.86. The lowest BCUT2D eigenvalue weighted by atomic mass is 10.0. The smallest absolute Gasteiger partial charge is 0.201 e. The fourth-order valence-corrected chi connectivity index (χ4v) is 3.38. The van der Waals surface area contributed by atoms with E-state index in [-0.39, 0.29) is 5.02 Å². The summed E-state index contributed by atoms with van der Waals surface area (Å²) in [6.45, 7) is 2.30. The molecule has 0 bridgehead atoms. The lowest BCUT2D eigenvalue weighted by Gasteiger charge is -2.18. The Kier molecular flexibility index (Phi) is 3.59.